The Morgan fingerprint density at radius 1 is 1.11 bits per heavy atom. The molecule has 0 atom stereocenters. The maximum atomic E-state index is 12.2. The lowest BCUT2D eigenvalue weighted by molar-refractivity contribution is 0.0996. The standard InChI is InChI=1S/C19H15N3O4S/c1-24-14-6-5-11(9-16(14)25-2)12-8-13-17(22-27-19(13)20-10-12)21-18(23)15-4-3-7-26-15/h3-10H,1-2H3,(H,21,22,23). The van der Waals surface area contributed by atoms with Gasteiger partial charge in [0, 0.05) is 11.8 Å². The van der Waals surface area contributed by atoms with Crippen molar-refractivity contribution in [1.82, 2.24) is 9.36 Å². The molecule has 0 fully saturated rings. The van der Waals surface area contributed by atoms with E-state index in [9.17, 15) is 4.79 Å². The molecule has 0 aliphatic rings. The van der Waals surface area contributed by atoms with E-state index in [1.807, 2.05) is 24.3 Å². The third-order valence-corrected chi connectivity index (χ3v) is 4.80. The third-order valence-electron chi connectivity index (χ3n) is 4.02. The maximum absolute atomic E-state index is 12.2. The maximum Gasteiger partial charge on any atom is 0.292 e. The summed E-state index contributed by atoms with van der Waals surface area (Å²) in [5.74, 6) is 1.60. The lowest BCUT2D eigenvalue weighted by Crippen LogP contribution is -2.11. The molecule has 0 aliphatic heterocycles. The van der Waals surface area contributed by atoms with Gasteiger partial charge in [0.2, 0.25) is 0 Å². The van der Waals surface area contributed by atoms with E-state index in [0.29, 0.717) is 17.3 Å². The Morgan fingerprint density at radius 3 is 2.70 bits per heavy atom. The first-order valence-corrected chi connectivity index (χ1v) is 8.79. The molecule has 4 aromatic rings. The van der Waals surface area contributed by atoms with Crippen LogP contribution in [0.5, 0.6) is 11.5 Å². The number of aromatic nitrogens is 2. The van der Waals surface area contributed by atoms with Gasteiger partial charge in [0.05, 0.1) is 25.9 Å². The van der Waals surface area contributed by atoms with E-state index in [1.165, 1.54) is 17.8 Å². The Bertz CT molecular complexity index is 1110. The van der Waals surface area contributed by atoms with Crippen LogP contribution in [0.4, 0.5) is 5.82 Å². The number of pyridine rings is 1. The minimum atomic E-state index is -0.358. The summed E-state index contributed by atoms with van der Waals surface area (Å²) in [4.78, 5) is 17.4. The van der Waals surface area contributed by atoms with Crippen molar-refractivity contribution in [3.8, 4) is 22.6 Å². The van der Waals surface area contributed by atoms with Crippen LogP contribution in [0.3, 0.4) is 0 Å². The Hall–Kier alpha value is -3.39. The lowest BCUT2D eigenvalue weighted by atomic mass is 10.1. The number of rotatable bonds is 5. The summed E-state index contributed by atoms with van der Waals surface area (Å²) in [6.07, 6.45) is 3.21. The molecular formula is C19H15N3O4S. The zero-order valence-electron chi connectivity index (χ0n) is 14.6. The number of benzene rings is 1. The average molecular weight is 381 g/mol. The van der Waals surface area contributed by atoms with Crippen LogP contribution in [0.2, 0.25) is 0 Å². The van der Waals surface area contributed by atoms with Crippen molar-refractivity contribution in [1.29, 1.82) is 0 Å². The Labute approximate surface area is 158 Å². The minimum absolute atomic E-state index is 0.222. The predicted octanol–water partition coefficient (Wildman–Crippen LogP) is 4.22. The molecule has 0 radical (unpaired) electrons. The number of hydrogen-bond acceptors (Lipinski definition) is 7. The molecule has 0 unspecified atom stereocenters. The highest BCUT2D eigenvalue weighted by Gasteiger charge is 2.15. The molecule has 3 aromatic heterocycles. The number of amides is 1. The van der Waals surface area contributed by atoms with Crippen LogP contribution in [0.1, 0.15) is 10.6 Å². The summed E-state index contributed by atoms with van der Waals surface area (Å²) in [6, 6.07) is 10.8. The number of carbonyl (C=O) groups excluding carboxylic acids is 1. The van der Waals surface area contributed by atoms with Gasteiger partial charge in [-0.25, -0.2) is 4.98 Å². The molecule has 0 saturated carbocycles. The molecule has 8 heteroatoms. The number of hydrogen-bond donors (Lipinski definition) is 1. The van der Waals surface area contributed by atoms with Gasteiger partial charge in [0.1, 0.15) is 4.83 Å². The summed E-state index contributed by atoms with van der Waals surface area (Å²) in [5, 5.41) is 3.53. The van der Waals surface area contributed by atoms with Crippen molar-refractivity contribution >= 4 is 33.5 Å². The summed E-state index contributed by atoms with van der Waals surface area (Å²) < 4.78 is 20.1. The number of anilines is 1. The van der Waals surface area contributed by atoms with Gasteiger partial charge in [0.15, 0.2) is 23.1 Å². The Morgan fingerprint density at radius 2 is 1.96 bits per heavy atom. The molecule has 3 heterocycles. The van der Waals surface area contributed by atoms with Crippen LogP contribution >= 0.6 is 11.5 Å². The first-order chi connectivity index (χ1) is 13.2. The molecular weight excluding hydrogens is 366 g/mol. The molecule has 1 N–H and O–H groups in total. The third kappa shape index (κ3) is 3.22. The zero-order valence-corrected chi connectivity index (χ0v) is 15.4. The zero-order chi connectivity index (χ0) is 18.8. The van der Waals surface area contributed by atoms with Gasteiger partial charge < -0.3 is 19.2 Å². The normalized spacial score (nSPS) is 10.7. The Kier molecular flexibility index (Phi) is 4.47. The number of furan rings is 1. The second-order valence-electron chi connectivity index (χ2n) is 5.61. The van der Waals surface area contributed by atoms with Gasteiger partial charge in [0.25, 0.3) is 5.91 Å². The van der Waals surface area contributed by atoms with E-state index in [1.54, 1.807) is 32.5 Å². The molecule has 136 valence electrons. The fourth-order valence-electron chi connectivity index (χ4n) is 2.67. The number of carbonyl (C=O) groups is 1. The number of methoxy groups -OCH3 is 2. The molecule has 0 saturated heterocycles. The molecule has 4 rings (SSSR count). The molecule has 7 nitrogen and oxygen atoms in total. The monoisotopic (exact) mass is 381 g/mol. The number of fused-ring (bicyclic) bond motifs is 1. The highest BCUT2D eigenvalue weighted by Crippen LogP contribution is 2.34. The first kappa shape index (κ1) is 17.0. The summed E-state index contributed by atoms with van der Waals surface area (Å²) in [7, 11) is 3.18. The molecule has 0 aliphatic carbocycles. The topological polar surface area (TPSA) is 86.5 Å². The number of nitrogens with one attached hydrogen (secondary N) is 1. The predicted molar refractivity (Wildman–Crippen MR) is 103 cm³/mol. The van der Waals surface area contributed by atoms with E-state index in [0.717, 1.165) is 21.3 Å². The average Bonchev–Trinajstić information content (AvgIpc) is 3.37. The van der Waals surface area contributed by atoms with Crippen molar-refractivity contribution in [3.63, 3.8) is 0 Å². The van der Waals surface area contributed by atoms with Gasteiger partial charge in [-0.1, -0.05) is 6.07 Å². The van der Waals surface area contributed by atoms with Gasteiger partial charge >= 0.3 is 0 Å². The Balaban J connectivity index is 1.71. The van der Waals surface area contributed by atoms with Crippen molar-refractivity contribution in [3.05, 3.63) is 54.6 Å². The van der Waals surface area contributed by atoms with E-state index in [2.05, 4.69) is 14.7 Å². The van der Waals surface area contributed by atoms with E-state index in [4.69, 9.17) is 13.9 Å². The van der Waals surface area contributed by atoms with E-state index >= 15 is 0 Å². The number of ether oxygens (including phenoxy) is 2. The van der Waals surface area contributed by atoms with Gasteiger partial charge in [-0.15, -0.1) is 0 Å². The summed E-state index contributed by atoms with van der Waals surface area (Å²) in [5.41, 5.74) is 1.79. The van der Waals surface area contributed by atoms with Crippen molar-refractivity contribution in [2.45, 2.75) is 0 Å². The first-order valence-electron chi connectivity index (χ1n) is 8.02. The molecule has 27 heavy (non-hydrogen) atoms. The van der Waals surface area contributed by atoms with Crippen molar-refractivity contribution in [2.24, 2.45) is 0 Å². The SMILES string of the molecule is COc1ccc(-c2cnc3snc(NC(=O)c4ccco4)c3c2)cc1OC. The highest BCUT2D eigenvalue weighted by atomic mass is 32.1. The molecule has 1 amide bonds. The van der Waals surface area contributed by atoms with Crippen LogP contribution in [0.15, 0.2) is 53.3 Å². The van der Waals surface area contributed by atoms with Crippen molar-refractivity contribution < 1.29 is 18.7 Å². The highest BCUT2D eigenvalue weighted by molar-refractivity contribution is 7.13. The largest absolute Gasteiger partial charge is 0.493 e. The van der Waals surface area contributed by atoms with Gasteiger partial charge in [-0.2, -0.15) is 4.37 Å². The van der Waals surface area contributed by atoms with Gasteiger partial charge in [-0.05, 0) is 47.4 Å². The molecule has 0 bridgehead atoms. The van der Waals surface area contributed by atoms with Crippen LogP contribution < -0.4 is 14.8 Å². The van der Waals surface area contributed by atoms with Crippen LogP contribution in [0.25, 0.3) is 21.3 Å². The summed E-state index contributed by atoms with van der Waals surface area (Å²) >= 11 is 1.22. The summed E-state index contributed by atoms with van der Waals surface area (Å²) in [6.45, 7) is 0. The molecule has 0 spiro atoms. The second kappa shape index (κ2) is 7.08. The van der Waals surface area contributed by atoms with E-state index < -0.39 is 0 Å². The molecule has 1 aromatic carbocycles. The fraction of sp³-hybridized carbons (Fsp3) is 0.105. The second-order valence-corrected chi connectivity index (χ2v) is 6.36. The minimum Gasteiger partial charge on any atom is -0.493 e. The number of nitrogens with zero attached hydrogens (tertiary/aromatic N) is 2. The quantitative estimate of drug-likeness (QED) is 0.557. The van der Waals surface area contributed by atoms with Crippen LogP contribution in [0, 0.1) is 0 Å². The van der Waals surface area contributed by atoms with E-state index in [-0.39, 0.29) is 11.7 Å². The van der Waals surface area contributed by atoms with Crippen LogP contribution in [-0.2, 0) is 0 Å². The van der Waals surface area contributed by atoms with Crippen molar-refractivity contribution in [2.75, 3.05) is 19.5 Å². The lowest BCUT2D eigenvalue weighted by Gasteiger charge is -2.09. The smallest absolute Gasteiger partial charge is 0.292 e. The fourth-order valence-corrected chi connectivity index (χ4v) is 3.35. The van der Waals surface area contributed by atoms with Gasteiger partial charge in [-0.3, -0.25) is 4.79 Å². The van der Waals surface area contributed by atoms with Crippen LogP contribution in [-0.4, -0.2) is 29.5 Å².